The van der Waals surface area contributed by atoms with Crippen molar-refractivity contribution in [2.45, 2.75) is 76.8 Å². The van der Waals surface area contributed by atoms with Gasteiger partial charge in [0.05, 0.1) is 0 Å². The van der Waals surface area contributed by atoms with E-state index >= 15 is 0 Å². The van der Waals surface area contributed by atoms with Crippen LogP contribution in [0, 0.1) is 0 Å². The van der Waals surface area contributed by atoms with Crippen LogP contribution in [0.15, 0.2) is 46.2 Å². The van der Waals surface area contributed by atoms with Gasteiger partial charge >= 0.3 is 33.4 Å². The highest BCUT2D eigenvalue weighted by Crippen LogP contribution is 2.65. The van der Waals surface area contributed by atoms with Gasteiger partial charge in [-0.1, -0.05) is 35.3 Å². The van der Waals surface area contributed by atoms with Gasteiger partial charge in [-0.25, -0.2) is 3.63 Å². The first-order chi connectivity index (χ1) is 17.4. The van der Waals surface area contributed by atoms with Crippen LogP contribution in [0.25, 0.3) is 10.8 Å². The molecule has 38 heavy (non-hydrogen) atoms. The highest BCUT2D eigenvalue weighted by Gasteiger charge is 2.86. The van der Waals surface area contributed by atoms with Crippen LogP contribution in [0.1, 0.15) is 38.5 Å². The second-order valence-electron chi connectivity index (χ2n) is 9.31. The molecule has 1 aliphatic carbocycles. The number of rotatable bonds is 8. The normalized spacial score (nSPS) is 20.8. The van der Waals surface area contributed by atoms with Gasteiger partial charge in [-0.15, -0.1) is 11.8 Å². The summed E-state index contributed by atoms with van der Waals surface area (Å²) in [5.74, 6) is -15.0. The van der Waals surface area contributed by atoms with E-state index in [9.17, 15) is 47.9 Å². The quantitative estimate of drug-likeness (QED) is 0.280. The Morgan fingerprint density at radius 1 is 0.763 bits per heavy atom. The Balaban J connectivity index is 1.67. The molecule has 3 nitrogen and oxygen atoms in total. The molecule has 15 heteroatoms. The zero-order chi connectivity index (χ0) is 28.2. The molecule has 2 aromatic carbocycles. The summed E-state index contributed by atoms with van der Waals surface area (Å²) < 4.78 is 150. The maximum absolute atomic E-state index is 14.4. The monoisotopic (exact) mass is 614 g/mol. The van der Waals surface area contributed by atoms with Crippen LogP contribution < -0.4 is 0 Å². The lowest BCUT2D eigenvalue weighted by Crippen LogP contribution is -2.63. The standard InChI is InChI=1S/C23H23F9O3S3/c24-20(25,22(28,29)30)21(26,27)23(31,32)38(33,34)35-37(11-3-4-12-37)19-10-8-15-13-18(9-7-16(15)14-19)36-17-5-1-2-6-17/h7-10,13-14,17H,1-6,11-12H2. The number of alkyl halides is 9. The molecule has 1 saturated heterocycles. The maximum atomic E-state index is 14.4. The van der Waals surface area contributed by atoms with Gasteiger partial charge in [0.25, 0.3) is 0 Å². The lowest BCUT2D eigenvalue weighted by molar-refractivity contribution is -0.382. The Labute approximate surface area is 219 Å². The Morgan fingerprint density at radius 2 is 1.32 bits per heavy atom. The Hall–Kier alpha value is -1.32. The summed E-state index contributed by atoms with van der Waals surface area (Å²) in [7, 11) is -10.2. The van der Waals surface area contributed by atoms with Crippen molar-refractivity contribution in [1.29, 1.82) is 0 Å². The first-order valence-corrected chi connectivity index (χ1v) is 15.8. The van der Waals surface area contributed by atoms with Crippen LogP contribution in [-0.2, 0) is 13.7 Å². The number of hydrogen-bond acceptors (Lipinski definition) is 4. The molecule has 0 spiro atoms. The summed E-state index contributed by atoms with van der Waals surface area (Å²) in [5.41, 5.74) is 0. The molecule has 1 heterocycles. The molecule has 4 rings (SSSR count). The van der Waals surface area contributed by atoms with E-state index in [1.807, 2.05) is 12.1 Å². The summed E-state index contributed by atoms with van der Waals surface area (Å²) in [6.45, 7) is 0. The van der Waals surface area contributed by atoms with Gasteiger partial charge < -0.3 is 0 Å². The summed E-state index contributed by atoms with van der Waals surface area (Å²) in [6.07, 6.45) is -2.14. The molecule has 0 N–H and O–H groups in total. The van der Waals surface area contributed by atoms with Crippen LogP contribution in [-0.4, -0.2) is 48.4 Å². The van der Waals surface area contributed by atoms with Gasteiger partial charge in [-0.2, -0.15) is 47.9 Å². The molecule has 0 aromatic heterocycles. The van der Waals surface area contributed by atoms with Crippen LogP contribution in [0.3, 0.4) is 0 Å². The van der Waals surface area contributed by atoms with Crippen LogP contribution in [0.5, 0.6) is 0 Å². The molecule has 214 valence electrons. The van der Waals surface area contributed by atoms with Crippen molar-refractivity contribution in [1.82, 2.24) is 0 Å². The predicted molar refractivity (Wildman–Crippen MR) is 128 cm³/mol. The first-order valence-electron chi connectivity index (χ1n) is 11.6. The highest BCUT2D eigenvalue weighted by molar-refractivity contribution is 8.33. The average Bonchev–Trinajstić information content (AvgIpc) is 3.50. The fraction of sp³-hybridized carbons (Fsp3) is 0.565. The van der Waals surface area contributed by atoms with Crippen molar-refractivity contribution in [2.75, 3.05) is 11.5 Å². The van der Waals surface area contributed by atoms with Gasteiger partial charge in [0.1, 0.15) is 0 Å². The van der Waals surface area contributed by atoms with E-state index in [2.05, 4.69) is 3.63 Å². The van der Waals surface area contributed by atoms with E-state index in [4.69, 9.17) is 0 Å². The molecule has 1 aliphatic heterocycles. The van der Waals surface area contributed by atoms with E-state index in [0.29, 0.717) is 10.6 Å². The van der Waals surface area contributed by atoms with Crippen molar-refractivity contribution in [3.63, 3.8) is 0 Å². The van der Waals surface area contributed by atoms with Crippen molar-refractivity contribution in [3.05, 3.63) is 36.4 Å². The SMILES string of the molecule is O=S(=O)(OS1(c2ccc3cc(SC4CCCC4)ccc3c2)CCCC1)C(F)(F)C(F)(F)C(F)(F)C(F)(F)F. The van der Waals surface area contributed by atoms with Crippen molar-refractivity contribution >= 4 is 43.0 Å². The minimum atomic E-state index is -7.34. The van der Waals surface area contributed by atoms with Crippen LogP contribution in [0.4, 0.5) is 39.5 Å². The van der Waals surface area contributed by atoms with E-state index in [1.54, 1.807) is 23.9 Å². The van der Waals surface area contributed by atoms with Gasteiger partial charge in [0, 0.05) is 26.5 Å². The molecular formula is C23H23F9O3S3. The molecule has 1 saturated carbocycles. The summed E-state index contributed by atoms with van der Waals surface area (Å²) in [5, 5.41) is -5.08. The summed E-state index contributed by atoms with van der Waals surface area (Å²) in [6, 6.07) is 9.87. The number of benzene rings is 2. The van der Waals surface area contributed by atoms with Crippen molar-refractivity contribution in [3.8, 4) is 0 Å². The third kappa shape index (κ3) is 5.00. The first kappa shape index (κ1) is 29.7. The Kier molecular flexibility index (Phi) is 7.76. The molecule has 2 aromatic rings. The third-order valence-corrected chi connectivity index (χ3v) is 13.6. The topological polar surface area (TPSA) is 43.4 Å². The van der Waals surface area contributed by atoms with Gasteiger partial charge in [-0.05, 0) is 60.7 Å². The van der Waals surface area contributed by atoms with Gasteiger partial charge in [0.2, 0.25) is 0 Å². The number of halogens is 9. The predicted octanol–water partition coefficient (Wildman–Crippen LogP) is 8.52. The molecule has 0 bridgehead atoms. The minimum absolute atomic E-state index is 0.0870. The van der Waals surface area contributed by atoms with E-state index in [1.165, 1.54) is 12.1 Å². The lowest BCUT2D eigenvalue weighted by Gasteiger charge is -2.38. The van der Waals surface area contributed by atoms with Gasteiger partial charge in [0.15, 0.2) is 0 Å². The fourth-order valence-corrected chi connectivity index (χ4v) is 11.5. The molecule has 0 amide bonds. The molecular weight excluding hydrogens is 591 g/mol. The molecule has 0 radical (unpaired) electrons. The van der Waals surface area contributed by atoms with Gasteiger partial charge in [-0.3, -0.25) is 0 Å². The second-order valence-corrected chi connectivity index (χ2v) is 15.6. The van der Waals surface area contributed by atoms with E-state index in [-0.39, 0.29) is 29.2 Å². The zero-order valence-electron chi connectivity index (χ0n) is 19.5. The Bertz CT molecular complexity index is 1280. The number of thioether (sulfide) groups is 1. The fourth-order valence-electron chi connectivity index (χ4n) is 4.55. The highest BCUT2D eigenvalue weighted by atomic mass is 32.3. The minimum Gasteiger partial charge on any atom is -0.211 e. The third-order valence-electron chi connectivity index (χ3n) is 6.67. The van der Waals surface area contributed by atoms with E-state index < -0.39 is 43.7 Å². The zero-order valence-corrected chi connectivity index (χ0v) is 22.0. The van der Waals surface area contributed by atoms with Crippen molar-refractivity contribution in [2.24, 2.45) is 0 Å². The molecule has 0 atom stereocenters. The number of hydrogen-bond donors (Lipinski definition) is 0. The molecule has 0 unspecified atom stereocenters. The summed E-state index contributed by atoms with van der Waals surface area (Å²) in [4.78, 5) is 1.08. The molecule has 2 fully saturated rings. The van der Waals surface area contributed by atoms with Crippen LogP contribution >= 0.6 is 22.1 Å². The van der Waals surface area contributed by atoms with Crippen LogP contribution in [0.2, 0.25) is 0 Å². The van der Waals surface area contributed by atoms with E-state index in [0.717, 1.165) is 36.0 Å². The maximum Gasteiger partial charge on any atom is 0.460 e. The number of fused-ring (bicyclic) bond motifs is 1. The lowest BCUT2D eigenvalue weighted by atomic mass is 10.1. The largest absolute Gasteiger partial charge is 0.460 e. The molecule has 2 aliphatic rings. The summed E-state index contributed by atoms with van der Waals surface area (Å²) >= 11 is 1.72. The van der Waals surface area contributed by atoms with Crippen molar-refractivity contribution < 1.29 is 51.6 Å². The Morgan fingerprint density at radius 3 is 1.89 bits per heavy atom. The average molecular weight is 615 g/mol. The smallest absolute Gasteiger partial charge is 0.211 e. The second kappa shape index (κ2) is 9.95.